The van der Waals surface area contributed by atoms with Gasteiger partial charge in [0.1, 0.15) is 11.6 Å². The lowest BCUT2D eigenvalue weighted by molar-refractivity contribution is -0.117. The predicted molar refractivity (Wildman–Crippen MR) is 97.6 cm³/mol. The third kappa shape index (κ3) is 3.88. The number of benzene rings is 2. The van der Waals surface area contributed by atoms with Gasteiger partial charge in [-0.3, -0.25) is 9.59 Å². The summed E-state index contributed by atoms with van der Waals surface area (Å²) in [6, 6.07) is 16.0. The Balaban J connectivity index is 1.62. The number of rotatable bonds is 5. The summed E-state index contributed by atoms with van der Waals surface area (Å²) in [5, 5.41) is 6.30. The van der Waals surface area contributed by atoms with Gasteiger partial charge in [-0.2, -0.15) is 0 Å². The Hall–Kier alpha value is -3.08. The zero-order valence-corrected chi connectivity index (χ0v) is 14.2. The summed E-state index contributed by atoms with van der Waals surface area (Å²) >= 11 is 0. The molecule has 0 fully saturated rings. The first kappa shape index (κ1) is 16.8. The molecule has 25 heavy (non-hydrogen) atoms. The fourth-order valence-corrected chi connectivity index (χ4v) is 2.50. The van der Waals surface area contributed by atoms with Crippen LogP contribution in [0, 0.1) is 0 Å². The molecule has 0 saturated heterocycles. The maximum absolute atomic E-state index is 12.3. The third-order valence-electron chi connectivity index (χ3n) is 4.02. The minimum absolute atomic E-state index is 0.188. The summed E-state index contributed by atoms with van der Waals surface area (Å²) in [5.74, 6) is -0.512. The summed E-state index contributed by atoms with van der Waals surface area (Å²) in [4.78, 5) is 24.5. The Kier molecular flexibility index (Phi) is 4.84. The second-order valence-corrected chi connectivity index (χ2v) is 5.88. The number of aryl methyl sites for hydroxylation is 1. The van der Waals surface area contributed by atoms with Crippen molar-refractivity contribution < 1.29 is 14.0 Å². The van der Waals surface area contributed by atoms with Crippen LogP contribution in [-0.4, -0.2) is 17.9 Å². The van der Waals surface area contributed by atoms with Gasteiger partial charge in [0.2, 0.25) is 5.91 Å². The molecule has 128 valence electrons. The van der Waals surface area contributed by atoms with E-state index < -0.39 is 11.9 Å². The van der Waals surface area contributed by atoms with Gasteiger partial charge in [0.15, 0.2) is 5.76 Å². The smallest absolute Gasteiger partial charge is 0.287 e. The van der Waals surface area contributed by atoms with Crippen molar-refractivity contribution in [1.29, 1.82) is 0 Å². The number of fused-ring (bicyclic) bond motifs is 1. The number of carbonyl (C=O) groups is 2. The van der Waals surface area contributed by atoms with E-state index in [1.54, 1.807) is 19.1 Å². The first-order valence-corrected chi connectivity index (χ1v) is 8.26. The van der Waals surface area contributed by atoms with Gasteiger partial charge < -0.3 is 15.1 Å². The highest BCUT2D eigenvalue weighted by Crippen LogP contribution is 2.18. The fraction of sp³-hybridized carbons (Fsp3) is 0.200. The van der Waals surface area contributed by atoms with E-state index in [2.05, 4.69) is 17.6 Å². The zero-order valence-electron chi connectivity index (χ0n) is 14.2. The molecule has 0 radical (unpaired) electrons. The number of carbonyl (C=O) groups excluding carboxylic acids is 2. The van der Waals surface area contributed by atoms with Crippen LogP contribution >= 0.6 is 0 Å². The molecule has 5 nitrogen and oxygen atoms in total. The number of furan rings is 1. The van der Waals surface area contributed by atoms with Crippen molar-refractivity contribution in [3.63, 3.8) is 0 Å². The molecule has 1 unspecified atom stereocenters. The molecule has 0 spiro atoms. The molecular formula is C20H20N2O3. The highest BCUT2D eigenvalue weighted by molar-refractivity contribution is 6.01. The number of para-hydroxylation sites is 1. The number of anilines is 1. The van der Waals surface area contributed by atoms with Gasteiger partial charge in [-0.15, -0.1) is 0 Å². The summed E-state index contributed by atoms with van der Waals surface area (Å²) in [7, 11) is 0. The number of nitrogens with one attached hydrogen (secondary N) is 2. The van der Waals surface area contributed by atoms with Gasteiger partial charge in [-0.05, 0) is 43.2 Å². The lowest BCUT2D eigenvalue weighted by atomic mass is 10.1. The van der Waals surface area contributed by atoms with Gasteiger partial charge in [0.05, 0.1) is 0 Å². The van der Waals surface area contributed by atoms with Gasteiger partial charge in [0.25, 0.3) is 5.91 Å². The lowest BCUT2D eigenvalue weighted by Gasteiger charge is -2.13. The van der Waals surface area contributed by atoms with Crippen molar-refractivity contribution in [2.45, 2.75) is 26.3 Å². The Morgan fingerprint density at radius 1 is 1.08 bits per heavy atom. The molecule has 2 amide bonds. The van der Waals surface area contributed by atoms with Gasteiger partial charge in [-0.1, -0.05) is 37.3 Å². The van der Waals surface area contributed by atoms with Gasteiger partial charge in [-0.25, -0.2) is 0 Å². The first-order valence-electron chi connectivity index (χ1n) is 8.26. The van der Waals surface area contributed by atoms with Gasteiger partial charge >= 0.3 is 0 Å². The second-order valence-electron chi connectivity index (χ2n) is 5.88. The average Bonchev–Trinajstić information content (AvgIpc) is 3.06. The maximum atomic E-state index is 12.3. The van der Waals surface area contributed by atoms with E-state index in [1.165, 1.54) is 5.56 Å². The molecule has 2 aromatic carbocycles. The Labute approximate surface area is 146 Å². The van der Waals surface area contributed by atoms with Crippen LogP contribution in [0.2, 0.25) is 0 Å². The normalized spacial score (nSPS) is 11.9. The van der Waals surface area contributed by atoms with Crippen LogP contribution in [0.3, 0.4) is 0 Å². The van der Waals surface area contributed by atoms with Crippen LogP contribution in [0.25, 0.3) is 11.0 Å². The van der Waals surface area contributed by atoms with E-state index in [0.29, 0.717) is 11.3 Å². The van der Waals surface area contributed by atoms with Crippen molar-refractivity contribution in [3.8, 4) is 0 Å². The SMILES string of the molecule is CCc1ccc(NC(=O)C(C)NC(=O)c2cc3ccccc3o2)cc1. The molecule has 5 heteroatoms. The second kappa shape index (κ2) is 7.21. The highest BCUT2D eigenvalue weighted by Gasteiger charge is 2.19. The molecule has 0 aliphatic heterocycles. The van der Waals surface area contributed by atoms with E-state index in [4.69, 9.17) is 4.42 Å². The molecule has 0 bridgehead atoms. The molecule has 0 aliphatic carbocycles. The third-order valence-corrected chi connectivity index (χ3v) is 4.02. The molecule has 1 heterocycles. The molecule has 2 N–H and O–H groups in total. The predicted octanol–water partition coefficient (Wildman–Crippen LogP) is 3.75. The van der Waals surface area contributed by atoms with Crippen molar-refractivity contribution >= 4 is 28.5 Å². The fourth-order valence-electron chi connectivity index (χ4n) is 2.50. The van der Waals surface area contributed by atoms with Crippen molar-refractivity contribution in [3.05, 3.63) is 65.9 Å². The summed E-state index contributed by atoms with van der Waals surface area (Å²) in [6.07, 6.45) is 0.943. The summed E-state index contributed by atoms with van der Waals surface area (Å²) < 4.78 is 5.51. The van der Waals surface area contributed by atoms with E-state index in [0.717, 1.165) is 11.8 Å². The lowest BCUT2D eigenvalue weighted by Crippen LogP contribution is -2.41. The van der Waals surface area contributed by atoms with E-state index in [9.17, 15) is 9.59 Å². The monoisotopic (exact) mass is 336 g/mol. The van der Waals surface area contributed by atoms with Crippen molar-refractivity contribution in [2.75, 3.05) is 5.32 Å². The minimum atomic E-state index is -0.688. The largest absolute Gasteiger partial charge is 0.451 e. The van der Waals surface area contributed by atoms with Gasteiger partial charge in [0, 0.05) is 11.1 Å². The molecular weight excluding hydrogens is 316 g/mol. The quantitative estimate of drug-likeness (QED) is 0.745. The molecule has 1 atom stereocenters. The van der Waals surface area contributed by atoms with Crippen LogP contribution in [0.15, 0.2) is 59.0 Å². The minimum Gasteiger partial charge on any atom is -0.451 e. The van der Waals surface area contributed by atoms with Crippen LogP contribution in [-0.2, 0) is 11.2 Å². The molecule has 0 saturated carbocycles. The van der Waals surface area contributed by atoms with Crippen molar-refractivity contribution in [1.82, 2.24) is 5.32 Å². The molecule has 1 aromatic heterocycles. The van der Waals surface area contributed by atoms with Crippen LogP contribution in [0.4, 0.5) is 5.69 Å². The van der Waals surface area contributed by atoms with E-state index >= 15 is 0 Å². The number of hydrogen-bond acceptors (Lipinski definition) is 3. The molecule has 3 aromatic rings. The number of amides is 2. The first-order chi connectivity index (χ1) is 12.1. The number of hydrogen-bond donors (Lipinski definition) is 2. The standard InChI is InChI=1S/C20H20N2O3/c1-3-14-8-10-16(11-9-14)22-19(23)13(2)21-20(24)18-12-15-6-4-5-7-17(15)25-18/h4-13H,3H2,1-2H3,(H,21,24)(H,22,23). The summed E-state index contributed by atoms with van der Waals surface area (Å²) in [6.45, 7) is 3.71. The Morgan fingerprint density at radius 2 is 1.80 bits per heavy atom. The molecule has 3 rings (SSSR count). The Bertz CT molecular complexity index is 864. The average molecular weight is 336 g/mol. The molecule has 0 aliphatic rings. The van der Waals surface area contributed by atoms with Crippen LogP contribution in [0.5, 0.6) is 0 Å². The van der Waals surface area contributed by atoms with Crippen LogP contribution < -0.4 is 10.6 Å². The van der Waals surface area contributed by atoms with E-state index in [1.807, 2.05) is 42.5 Å². The Morgan fingerprint density at radius 3 is 2.48 bits per heavy atom. The topological polar surface area (TPSA) is 71.3 Å². The maximum Gasteiger partial charge on any atom is 0.287 e. The van der Waals surface area contributed by atoms with Crippen molar-refractivity contribution in [2.24, 2.45) is 0 Å². The zero-order chi connectivity index (χ0) is 17.8. The van der Waals surface area contributed by atoms with Crippen LogP contribution in [0.1, 0.15) is 30.0 Å². The highest BCUT2D eigenvalue weighted by atomic mass is 16.3. The van der Waals surface area contributed by atoms with E-state index in [-0.39, 0.29) is 11.7 Å². The summed E-state index contributed by atoms with van der Waals surface area (Å²) in [5.41, 5.74) is 2.54.